The van der Waals surface area contributed by atoms with Crippen molar-refractivity contribution in [2.24, 2.45) is 7.05 Å². The maximum Gasteiger partial charge on any atom is 0.180 e. The molecule has 0 saturated heterocycles. The van der Waals surface area contributed by atoms with E-state index in [-0.39, 0.29) is 0 Å². The van der Waals surface area contributed by atoms with E-state index in [2.05, 4.69) is 4.98 Å². The first-order valence-electron chi connectivity index (χ1n) is 4.26. The highest BCUT2D eigenvalue weighted by atomic mass is 32.1. The lowest BCUT2D eigenvalue weighted by Gasteiger charge is -1.93. The first kappa shape index (κ1) is 9.02. The van der Waals surface area contributed by atoms with Crippen molar-refractivity contribution in [1.82, 2.24) is 9.55 Å². The van der Waals surface area contributed by atoms with Crippen molar-refractivity contribution in [2.75, 3.05) is 5.73 Å². The van der Waals surface area contributed by atoms with Crippen LogP contribution >= 0.6 is 11.3 Å². The molecule has 0 aromatic carbocycles. The molecule has 0 spiro atoms. The van der Waals surface area contributed by atoms with Crippen molar-refractivity contribution in [3.63, 3.8) is 0 Å². The van der Waals surface area contributed by atoms with Crippen molar-refractivity contribution >= 4 is 28.6 Å². The number of aryl methyl sites for hydroxylation is 1. The molecule has 0 radical (unpaired) electrons. The molecule has 0 fully saturated rings. The number of hydrogen-bond acceptors (Lipinski definition) is 3. The van der Waals surface area contributed by atoms with Gasteiger partial charge in [-0.15, -0.1) is 11.3 Å². The van der Waals surface area contributed by atoms with Gasteiger partial charge in [-0.05, 0) is 24.3 Å². The number of nitrogens with zero attached hydrogens (tertiary/aromatic N) is 2. The topological polar surface area (TPSA) is 43.8 Å². The van der Waals surface area contributed by atoms with Gasteiger partial charge >= 0.3 is 0 Å². The molecule has 0 bridgehead atoms. The smallest absolute Gasteiger partial charge is 0.180 e. The van der Waals surface area contributed by atoms with E-state index in [0.29, 0.717) is 5.13 Å². The third kappa shape index (κ3) is 1.85. The lowest BCUT2D eigenvalue weighted by Crippen LogP contribution is -1.86. The monoisotopic (exact) mass is 205 g/mol. The summed E-state index contributed by atoms with van der Waals surface area (Å²) in [5.74, 6) is 0. The lowest BCUT2D eigenvalue weighted by atomic mass is 10.3. The van der Waals surface area contributed by atoms with E-state index in [9.17, 15) is 0 Å². The summed E-state index contributed by atoms with van der Waals surface area (Å²) in [5, 5.41) is 2.55. The number of nitrogen functional groups attached to an aromatic ring is 1. The van der Waals surface area contributed by atoms with Crippen LogP contribution in [0.3, 0.4) is 0 Å². The quantitative estimate of drug-likeness (QED) is 0.817. The Bertz CT molecular complexity index is 453. The summed E-state index contributed by atoms with van der Waals surface area (Å²) < 4.78 is 2.05. The van der Waals surface area contributed by atoms with Crippen LogP contribution in [0.1, 0.15) is 11.4 Å². The zero-order valence-corrected chi connectivity index (χ0v) is 8.66. The van der Waals surface area contributed by atoms with Crippen LogP contribution < -0.4 is 5.73 Å². The van der Waals surface area contributed by atoms with Gasteiger partial charge in [0, 0.05) is 24.3 Å². The van der Waals surface area contributed by atoms with E-state index < -0.39 is 0 Å². The van der Waals surface area contributed by atoms with Crippen molar-refractivity contribution in [3.05, 3.63) is 35.1 Å². The molecule has 0 unspecified atom stereocenters. The van der Waals surface area contributed by atoms with Gasteiger partial charge in [0.1, 0.15) is 0 Å². The fraction of sp³-hybridized carbons (Fsp3) is 0.100. The van der Waals surface area contributed by atoms with Gasteiger partial charge in [-0.3, -0.25) is 0 Å². The number of thiazole rings is 1. The Hall–Kier alpha value is -1.55. The Morgan fingerprint density at radius 2 is 2.36 bits per heavy atom. The second kappa shape index (κ2) is 3.67. The predicted molar refractivity (Wildman–Crippen MR) is 60.9 cm³/mol. The summed E-state index contributed by atoms with van der Waals surface area (Å²) in [5.41, 5.74) is 7.59. The van der Waals surface area contributed by atoms with Gasteiger partial charge in [0.15, 0.2) is 5.13 Å². The maximum absolute atomic E-state index is 5.53. The Labute approximate surface area is 86.5 Å². The van der Waals surface area contributed by atoms with Gasteiger partial charge in [0.05, 0.1) is 5.69 Å². The summed E-state index contributed by atoms with van der Waals surface area (Å²) in [6.45, 7) is 0. The Balaban J connectivity index is 2.19. The third-order valence-electron chi connectivity index (χ3n) is 1.95. The van der Waals surface area contributed by atoms with E-state index >= 15 is 0 Å². The molecule has 0 atom stereocenters. The second-order valence-corrected chi connectivity index (χ2v) is 3.88. The fourth-order valence-corrected chi connectivity index (χ4v) is 1.73. The standard InChI is InChI=1S/C10H11N3S/c1-13-6-2-3-9(13)5-4-8-7-14-10(11)12-8/h2-7H,1H3,(H2,11,12). The molecular weight excluding hydrogens is 194 g/mol. The molecule has 72 valence electrons. The molecule has 0 aliphatic rings. The number of aromatic nitrogens is 2. The number of rotatable bonds is 2. The highest BCUT2D eigenvalue weighted by molar-refractivity contribution is 7.13. The average Bonchev–Trinajstić information content (AvgIpc) is 2.72. The van der Waals surface area contributed by atoms with Gasteiger partial charge in [-0.2, -0.15) is 0 Å². The van der Waals surface area contributed by atoms with Crippen molar-refractivity contribution in [2.45, 2.75) is 0 Å². The minimum Gasteiger partial charge on any atom is -0.375 e. The molecule has 0 aliphatic heterocycles. The number of anilines is 1. The van der Waals surface area contributed by atoms with Gasteiger partial charge in [-0.25, -0.2) is 4.98 Å². The first-order valence-corrected chi connectivity index (χ1v) is 5.14. The van der Waals surface area contributed by atoms with E-state index in [1.54, 1.807) is 0 Å². The number of nitrogens with two attached hydrogens (primary N) is 1. The molecule has 14 heavy (non-hydrogen) atoms. The van der Waals surface area contributed by atoms with Crippen LogP contribution in [-0.2, 0) is 7.05 Å². The van der Waals surface area contributed by atoms with Crippen LogP contribution in [0, 0.1) is 0 Å². The summed E-state index contributed by atoms with van der Waals surface area (Å²) in [6, 6.07) is 4.06. The molecule has 0 aliphatic carbocycles. The van der Waals surface area contributed by atoms with Gasteiger partial charge < -0.3 is 10.3 Å². The molecule has 2 aromatic heterocycles. The summed E-state index contributed by atoms with van der Waals surface area (Å²) in [6.07, 6.45) is 5.99. The van der Waals surface area contributed by atoms with Crippen molar-refractivity contribution in [1.29, 1.82) is 0 Å². The normalized spacial score (nSPS) is 11.2. The Morgan fingerprint density at radius 3 is 2.93 bits per heavy atom. The molecule has 2 rings (SSSR count). The number of hydrogen-bond donors (Lipinski definition) is 1. The third-order valence-corrected chi connectivity index (χ3v) is 2.64. The zero-order chi connectivity index (χ0) is 9.97. The van der Waals surface area contributed by atoms with Crippen LogP contribution in [0.15, 0.2) is 23.7 Å². The Morgan fingerprint density at radius 1 is 1.50 bits per heavy atom. The van der Waals surface area contributed by atoms with Crippen LogP contribution in [0.2, 0.25) is 0 Å². The molecule has 4 heteroatoms. The second-order valence-electron chi connectivity index (χ2n) is 2.99. The minimum atomic E-state index is 0.608. The zero-order valence-electron chi connectivity index (χ0n) is 7.84. The first-order chi connectivity index (χ1) is 6.75. The molecule has 2 N–H and O–H groups in total. The van der Waals surface area contributed by atoms with Gasteiger partial charge in [0.25, 0.3) is 0 Å². The molecule has 2 heterocycles. The van der Waals surface area contributed by atoms with E-state index in [1.807, 2.05) is 47.5 Å². The molecule has 3 nitrogen and oxygen atoms in total. The van der Waals surface area contributed by atoms with E-state index in [1.165, 1.54) is 11.3 Å². The molecular formula is C10H11N3S. The minimum absolute atomic E-state index is 0.608. The fourth-order valence-electron chi connectivity index (χ4n) is 1.20. The van der Waals surface area contributed by atoms with Crippen molar-refractivity contribution in [3.8, 4) is 0 Å². The average molecular weight is 205 g/mol. The van der Waals surface area contributed by atoms with Crippen LogP contribution in [0.5, 0.6) is 0 Å². The lowest BCUT2D eigenvalue weighted by molar-refractivity contribution is 0.915. The summed E-state index contributed by atoms with van der Waals surface area (Å²) >= 11 is 1.45. The Kier molecular flexibility index (Phi) is 2.37. The molecule has 0 amide bonds. The van der Waals surface area contributed by atoms with E-state index in [4.69, 9.17) is 5.73 Å². The molecule has 2 aromatic rings. The van der Waals surface area contributed by atoms with Crippen LogP contribution in [0.4, 0.5) is 5.13 Å². The highest BCUT2D eigenvalue weighted by Gasteiger charge is 1.94. The van der Waals surface area contributed by atoms with E-state index in [0.717, 1.165) is 11.4 Å². The predicted octanol–water partition coefficient (Wildman–Crippen LogP) is 2.23. The summed E-state index contributed by atoms with van der Waals surface area (Å²) in [4.78, 5) is 4.14. The van der Waals surface area contributed by atoms with Crippen molar-refractivity contribution < 1.29 is 0 Å². The highest BCUT2D eigenvalue weighted by Crippen LogP contribution is 2.13. The summed E-state index contributed by atoms with van der Waals surface area (Å²) in [7, 11) is 2.01. The largest absolute Gasteiger partial charge is 0.375 e. The maximum atomic E-state index is 5.53. The van der Waals surface area contributed by atoms with Crippen LogP contribution in [-0.4, -0.2) is 9.55 Å². The SMILES string of the molecule is Cn1cccc1C=Cc1csc(N)n1. The van der Waals surface area contributed by atoms with Crippen LogP contribution in [0.25, 0.3) is 12.2 Å². The van der Waals surface area contributed by atoms with Gasteiger partial charge in [-0.1, -0.05) is 0 Å². The van der Waals surface area contributed by atoms with Gasteiger partial charge in [0.2, 0.25) is 0 Å². The molecule has 0 saturated carbocycles.